The molecule has 4 rings (SSSR count). The first-order chi connectivity index (χ1) is 11.6. The Balaban J connectivity index is 1.68. The third kappa shape index (κ3) is 2.46. The fourth-order valence-corrected chi connectivity index (χ4v) is 3.22. The predicted octanol–water partition coefficient (Wildman–Crippen LogP) is 1.86. The van der Waals surface area contributed by atoms with E-state index in [0.29, 0.717) is 0 Å². The summed E-state index contributed by atoms with van der Waals surface area (Å²) in [6.07, 6.45) is 6.18. The average molecular weight is 324 g/mol. The van der Waals surface area contributed by atoms with Crippen molar-refractivity contribution in [3.63, 3.8) is 0 Å². The number of H-pyrrole nitrogens is 1. The van der Waals surface area contributed by atoms with Crippen LogP contribution in [0.2, 0.25) is 0 Å². The number of carbonyl (C=O) groups excluding carboxylic acids is 1. The van der Waals surface area contributed by atoms with Crippen LogP contribution in [0.4, 0.5) is 5.82 Å². The van der Waals surface area contributed by atoms with E-state index in [4.69, 9.17) is 0 Å². The number of hydrogen-bond donors (Lipinski definition) is 2. The van der Waals surface area contributed by atoms with E-state index in [1.807, 2.05) is 19.9 Å². The highest BCUT2D eigenvalue weighted by Gasteiger charge is 2.27. The fourth-order valence-electron chi connectivity index (χ4n) is 3.22. The molecule has 3 aromatic rings. The maximum absolute atomic E-state index is 11.9. The summed E-state index contributed by atoms with van der Waals surface area (Å²) in [5.74, 6) is 1.03. The number of amides is 1. The Morgan fingerprint density at radius 2 is 2.25 bits per heavy atom. The van der Waals surface area contributed by atoms with Crippen molar-refractivity contribution in [3.05, 3.63) is 24.8 Å². The molecule has 1 fully saturated rings. The van der Waals surface area contributed by atoms with Gasteiger partial charge in [0.05, 0.1) is 23.4 Å². The lowest BCUT2D eigenvalue weighted by Crippen LogP contribution is -2.39. The summed E-state index contributed by atoms with van der Waals surface area (Å²) in [6.45, 7) is 5.46. The van der Waals surface area contributed by atoms with Crippen molar-refractivity contribution < 1.29 is 4.79 Å². The van der Waals surface area contributed by atoms with E-state index in [0.717, 1.165) is 47.3 Å². The zero-order valence-electron chi connectivity index (χ0n) is 13.8. The Morgan fingerprint density at radius 3 is 3.08 bits per heavy atom. The van der Waals surface area contributed by atoms with Gasteiger partial charge in [-0.25, -0.2) is 15.0 Å². The molecule has 0 radical (unpaired) electrons. The predicted molar refractivity (Wildman–Crippen MR) is 92.8 cm³/mol. The highest BCUT2D eigenvalue weighted by molar-refractivity contribution is 6.08. The zero-order chi connectivity index (χ0) is 16.7. The molecular formula is C17H20N6O. The maximum atomic E-state index is 11.9. The van der Waals surface area contributed by atoms with Gasteiger partial charge in [-0.15, -0.1) is 0 Å². The minimum atomic E-state index is 0.00502. The van der Waals surface area contributed by atoms with Crippen LogP contribution in [0.3, 0.4) is 0 Å². The molecule has 0 bridgehead atoms. The van der Waals surface area contributed by atoms with Gasteiger partial charge in [-0.05, 0) is 12.5 Å². The quantitative estimate of drug-likeness (QED) is 0.768. The highest BCUT2D eigenvalue weighted by Crippen LogP contribution is 2.31. The Morgan fingerprint density at radius 1 is 1.38 bits per heavy atom. The van der Waals surface area contributed by atoms with Crippen LogP contribution in [-0.4, -0.2) is 45.0 Å². The molecule has 0 saturated carbocycles. The summed E-state index contributed by atoms with van der Waals surface area (Å²) in [7, 11) is 0. The van der Waals surface area contributed by atoms with Crippen LogP contribution in [0.25, 0.3) is 21.9 Å². The number of anilines is 1. The van der Waals surface area contributed by atoms with Crippen LogP contribution < -0.4 is 10.2 Å². The molecule has 1 aliphatic rings. The van der Waals surface area contributed by atoms with Crippen LogP contribution >= 0.6 is 0 Å². The van der Waals surface area contributed by atoms with Crippen LogP contribution in [0.15, 0.2) is 24.8 Å². The Hall–Kier alpha value is -2.70. The number of pyridine rings is 1. The molecule has 0 aromatic carbocycles. The van der Waals surface area contributed by atoms with Gasteiger partial charge in [0, 0.05) is 36.6 Å². The number of fused-ring (bicyclic) bond motifs is 3. The monoisotopic (exact) mass is 324 g/mol. The van der Waals surface area contributed by atoms with E-state index in [1.165, 1.54) is 0 Å². The smallest absolute Gasteiger partial charge is 0.222 e. The minimum absolute atomic E-state index is 0.00502. The third-order valence-corrected chi connectivity index (χ3v) is 4.52. The maximum Gasteiger partial charge on any atom is 0.222 e. The van der Waals surface area contributed by atoms with Crippen LogP contribution in [-0.2, 0) is 4.79 Å². The summed E-state index contributed by atoms with van der Waals surface area (Å²) in [5.41, 5.74) is 1.67. The Kier molecular flexibility index (Phi) is 3.55. The van der Waals surface area contributed by atoms with E-state index in [-0.39, 0.29) is 17.9 Å². The van der Waals surface area contributed by atoms with E-state index in [9.17, 15) is 4.79 Å². The number of hydrogen-bond acceptors (Lipinski definition) is 5. The molecule has 7 heteroatoms. The van der Waals surface area contributed by atoms with Crippen molar-refractivity contribution in [3.8, 4) is 0 Å². The topological polar surface area (TPSA) is 86.8 Å². The minimum Gasteiger partial charge on any atom is -0.354 e. The molecule has 1 saturated heterocycles. The third-order valence-electron chi connectivity index (χ3n) is 4.52. The fraction of sp³-hybridized carbons (Fsp3) is 0.412. The molecular weight excluding hydrogens is 304 g/mol. The van der Waals surface area contributed by atoms with Gasteiger partial charge < -0.3 is 15.2 Å². The first-order valence-corrected chi connectivity index (χ1v) is 8.25. The van der Waals surface area contributed by atoms with Gasteiger partial charge in [0.2, 0.25) is 5.91 Å². The first kappa shape index (κ1) is 14.9. The molecule has 1 amide bonds. The van der Waals surface area contributed by atoms with Gasteiger partial charge in [0.25, 0.3) is 0 Å². The molecule has 1 unspecified atom stereocenters. The Bertz CT molecular complexity index is 902. The van der Waals surface area contributed by atoms with Crippen molar-refractivity contribution >= 4 is 33.7 Å². The van der Waals surface area contributed by atoms with Gasteiger partial charge in [-0.3, -0.25) is 4.79 Å². The normalized spacial score (nSPS) is 18.0. The number of aromatic amines is 1. The molecule has 4 heterocycles. The zero-order valence-corrected chi connectivity index (χ0v) is 13.8. The number of nitrogens with one attached hydrogen (secondary N) is 2. The number of rotatable bonds is 3. The summed E-state index contributed by atoms with van der Waals surface area (Å²) >= 11 is 0. The van der Waals surface area contributed by atoms with Gasteiger partial charge in [-0.1, -0.05) is 13.8 Å². The molecule has 1 aliphatic heterocycles. The molecule has 2 N–H and O–H groups in total. The number of carbonyl (C=O) groups is 1. The molecule has 1 atom stereocenters. The first-order valence-electron chi connectivity index (χ1n) is 8.25. The molecule has 0 spiro atoms. The van der Waals surface area contributed by atoms with Crippen LogP contribution in [0, 0.1) is 5.92 Å². The lowest BCUT2D eigenvalue weighted by atomic mass is 10.2. The lowest BCUT2D eigenvalue weighted by molar-refractivity contribution is -0.124. The summed E-state index contributed by atoms with van der Waals surface area (Å²) < 4.78 is 0. The average Bonchev–Trinajstić information content (AvgIpc) is 3.22. The van der Waals surface area contributed by atoms with Crippen molar-refractivity contribution in [1.82, 2.24) is 25.3 Å². The molecule has 0 aliphatic carbocycles. The van der Waals surface area contributed by atoms with Crippen molar-refractivity contribution in [1.29, 1.82) is 0 Å². The van der Waals surface area contributed by atoms with E-state index >= 15 is 0 Å². The second-order valence-corrected chi connectivity index (χ2v) is 6.55. The Labute approximate surface area is 139 Å². The van der Waals surface area contributed by atoms with Crippen molar-refractivity contribution in [2.75, 3.05) is 18.0 Å². The largest absolute Gasteiger partial charge is 0.354 e. The van der Waals surface area contributed by atoms with Crippen LogP contribution in [0.1, 0.15) is 20.3 Å². The second kappa shape index (κ2) is 5.74. The molecule has 3 aromatic heterocycles. The van der Waals surface area contributed by atoms with E-state index < -0.39 is 0 Å². The van der Waals surface area contributed by atoms with Gasteiger partial charge in [0.15, 0.2) is 5.65 Å². The standard InChI is InChI=1S/C17H20N6O/c1-10(2)17(24)22-11-4-6-23(8-11)16-14-12-3-5-18-15(12)19-7-13(14)20-9-21-16/h3,5,7,9-11H,4,6,8H2,1-2H3,(H,20,21)(H,22,24). The van der Waals surface area contributed by atoms with Gasteiger partial charge >= 0.3 is 0 Å². The van der Waals surface area contributed by atoms with E-state index in [2.05, 4.69) is 30.2 Å². The van der Waals surface area contributed by atoms with E-state index in [1.54, 1.807) is 18.7 Å². The summed E-state index contributed by atoms with van der Waals surface area (Å²) in [4.78, 5) is 30.5. The van der Waals surface area contributed by atoms with Gasteiger partial charge in [0.1, 0.15) is 5.82 Å². The summed E-state index contributed by atoms with van der Waals surface area (Å²) in [5, 5.41) is 5.16. The number of aromatic nitrogens is 4. The van der Waals surface area contributed by atoms with Crippen molar-refractivity contribution in [2.45, 2.75) is 26.3 Å². The molecule has 24 heavy (non-hydrogen) atoms. The van der Waals surface area contributed by atoms with Crippen molar-refractivity contribution in [2.24, 2.45) is 5.92 Å². The molecule has 7 nitrogen and oxygen atoms in total. The highest BCUT2D eigenvalue weighted by atomic mass is 16.1. The van der Waals surface area contributed by atoms with Crippen LogP contribution in [0.5, 0.6) is 0 Å². The van der Waals surface area contributed by atoms with Gasteiger partial charge in [-0.2, -0.15) is 0 Å². The SMILES string of the molecule is CC(C)C(=O)NC1CCN(c2nc[nH]c3cnc4nccc4c23)C1. The lowest BCUT2D eigenvalue weighted by Gasteiger charge is -2.20. The molecule has 124 valence electrons. The summed E-state index contributed by atoms with van der Waals surface area (Å²) in [6, 6.07) is 2.13. The number of nitrogens with zero attached hydrogens (tertiary/aromatic N) is 4. The second-order valence-electron chi connectivity index (χ2n) is 6.55.